The van der Waals surface area contributed by atoms with Crippen molar-refractivity contribution in [2.75, 3.05) is 18.4 Å². The van der Waals surface area contributed by atoms with E-state index in [1.54, 1.807) is 12.3 Å². The highest BCUT2D eigenvalue weighted by atomic mass is 35.5. The molecular weight excluding hydrogens is 428 g/mol. The van der Waals surface area contributed by atoms with Crippen LogP contribution in [0.1, 0.15) is 64.8 Å². The Morgan fingerprint density at radius 3 is 2.59 bits per heavy atom. The third-order valence-electron chi connectivity index (χ3n) is 6.05. The molecule has 0 bridgehead atoms. The van der Waals surface area contributed by atoms with Gasteiger partial charge in [0.05, 0.1) is 22.5 Å². The van der Waals surface area contributed by atoms with Crippen LogP contribution in [0.5, 0.6) is 0 Å². The molecule has 1 aromatic heterocycles. The summed E-state index contributed by atoms with van der Waals surface area (Å²) < 4.78 is 0. The zero-order valence-electron chi connectivity index (χ0n) is 17.8. The maximum atomic E-state index is 12.6. The van der Waals surface area contributed by atoms with Crippen LogP contribution in [0.15, 0.2) is 35.6 Å². The average Bonchev–Trinajstić information content (AvgIpc) is 3.69. The van der Waals surface area contributed by atoms with E-state index in [1.165, 1.54) is 6.20 Å². The predicted octanol–water partition coefficient (Wildman–Crippen LogP) is 3.33. The topological polar surface area (TPSA) is 108 Å². The van der Waals surface area contributed by atoms with Gasteiger partial charge in [-0.05, 0) is 62.3 Å². The lowest BCUT2D eigenvalue weighted by molar-refractivity contribution is 0.0934. The van der Waals surface area contributed by atoms with E-state index < -0.39 is 0 Å². The van der Waals surface area contributed by atoms with Gasteiger partial charge >= 0.3 is 0 Å². The van der Waals surface area contributed by atoms with Crippen LogP contribution in [0, 0.1) is 0 Å². The first kappa shape index (κ1) is 20.8. The van der Waals surface area contributed by atoms with Crippen molar-refractivity contribution in [3.8, 4) is 0 Å². The van der Waals surface area contributed by atoms with Gasteiger partial charge in [-0.3, -0.25) is 14.6 Å². The molecule has 3 fully saturated rings. The lowest BCUT2D eigenvalue weighted by atomic mass is 10.0. The summed E-state index contributed by atoms with van der Waals surface area (Å²) in [4.78, 5) is 33.6. The summed E-state index contributed by atoms with van der Waals surface area (Å²) in [5.74, 6) is 0.386. The van der Waals surface area contributed by atoms with Gasteiger partial charge in [0.15, 0.2) is 5.96 Å². The van der Waals surface area contributed by atoms with E-state index in [0.717, 1.165) is 50.0 Å². The molecule has 0 atom stereocenters. The number of hydrogen-bond acceptors (Lipinski definition) is 4. The molecule has 0 unspecified atom stereocenters. The second-order valence-corrected chi connectivity index (χ2v) is 9.26. The molecule has 0 spiro atoms. The van der Waals surface area contributed by atoms with E-state index in [0.29, 0.717) is 33.7 Å². The Hall–Kier alpha value is -3.13. The largest absolute Gasteiger partial charge is 0.354 e. The number of pyridine rings is 1. The van der Waals surface area contributed by atoms with Crippen LogP contribution in [0.4, 0.5) is 11.4 Å². The van der Waals surface area contributed by atoms with Gasteiger partial charge in [-0.1, -0.05) is 11.6 Å². The number of hydrogen-bond donors (Lipinski definition) is 4. The number of rotatable bonds is 6. The molecule has 8 nitrogen and oxygen atoms in total. The summed E-state index contributed by atoms with van der Waals surface area (Å²) >= 11 is 6.58. The number of aliphatic imine (C=N–C) groups is 1. The van der Waals surface area contributed by atoms with Gasteiger partial charge in [0.2, 0.25) is 0 Å². The minimum absolute atomic E-state index is 0.141. The number of anilines is 2. The molecule has 2 saturated carbocycles. The summed E-state index contributed by atoms with van der Waals surface area (Å²) in [5, 5.41) is 12.8. The van der Waals surface area contributed by atoms with Crippen LogP contribution < -0.4 is 21.3 Å². The third-order valence-corrected chi connectivity index (χ3v) is 6.46. The molecule has 1 aliphatic heterocycles. The fraction of sp³-hybridized carbons (Fsp3) is 0.391. The van der Waals surface area contributed by atoms with Crippen molar-refractivity contribution in [3.05, 3.63) is 52.3 Å². The predicted molar refractivity (Wildman–Crippen MR) is 124 cm³/mol. The smallest absolute Gasteiger partial charge is 0.280 e. The zero-order chi connectivity index (χ0) is 22.3. The quantitative estimate of drug-likeness (QED) is 0.535. The Morgan fingerprint density at radius 2 is 1.91 bits per heavy atom. The summed E-state index contributed by atoms with van der Waals surface area (Å²) in [6.07, 6.45) is 7.16. The van der Waals surface area contributed by atoms with E-state index in [9.17, 15) is 9.59 Å². The maximum Gasteiger partial charge on any atom is 0.280 e. The number of benzene rings is 1. The Balaban J connectivity index is 1.39. The standard InChI is InChI=1S/C23H25ClN6O2/c1-23(6-7-23)30-21(32)16-11-25-12-18(19(16)24)28-17-5-4-14(10-15(17)13-2-3-13)20(31)29-22-26-8-9-27-22/h4-5,10-13,28H,2-3,6-9H2,1H3,(H,30,32)(H2,26,27,29,31). The molecule has 2 heterocycles. The van der Waals surface area contributed by atoms with Crippen LogP contribution in [-0.2, 0) is 0 Å². The van der Waals surface area contributed by atoms with E-state index >= 15 is 0 Å². The first-order valence-corrected chi connectivity index (χ1v) is 11.3. The zero-order valence-corrected chi connectivity index (χ0v) is 18.6. The normalized spacial score (nSPS) is 18.4. The molecule has 1 saturated heterocycles. The van der Waals surface area contributed by atoms with E-state index in [2.05, 4.69) is 31.2 Å². The van der Waals surface area contributed by atoms with E-state index in [1.807, 2.05) is 19.1 Å². The third kappa shape index (κ3) is 4.41. The summed E-state index contributed by atoms with van der Waals surface area (Å²) in [6, 6.07) is 5.51. The number of carbonyl (C=O) groups excluding carboxylic acids is 2. The van der Waals surface area contributed by atoms with E-state index in [4.69, 9.17) is 11.6 Å². The number of carbonyl (C=O) groups is 2. The van der Waals surface area contributed by atoms with Gasteiger partial charge in [-0.2, -0.15) is 4.99 Å². The molecule has 0 radical (unpaired) electrons. The molecule has 2 aromatic rings. The number of guanidine groups is 1. The highest BCUT2D eigenvalue weighted by Crippen LogP contribution is 2.45. The molecule has 2 amide bonds. The van der Waals surface area contributed by atoms with Crippen LogP contribution in [-0.4, -0.2) is 41.4 Å². The van der Waals surface area contributed by atoms with Crippen LogP contribution in [0.3, 0.4) is 0 Å². The Bertz CT molecular complexity index is 1120. The maximum absolute atomic E-state index is 12.6. The Labute approximate surface area is 191 Å². The highest BCUT2D eigenvalue weighted by molar-refractivity contribution is 6.36. The molecule has 4 N–H and O–H groups in total. The van der Waals surface area contributed by atoms with Crippen LogP contribution in [0.25, 0.3) is 0 Å². The molecule has 2 aliphatic carbocycles. The summed E-state index contributed by atoms with van der Waals surface area (Å²) in [5.41, 5.74) is 3.19. The molecule has 32 heavy (non-hydrogen) atoms. The van der Waals surface area contributed by atoms with Gasteiger partial charge in [-0.25, -0.2) is 0 Å². The van der Waals surface area contributed by atoms with Crippen molar-refractivity contribution in [3.63, 3.8) is 0 Å². The SMILES string of the molecule is CC1(NC(=O)c2cncc(Nc3ccc(C(=O)N=C4NCCN4)cc3C3CC3)c2Cl)CC1. The highest BCUT2D eigenvalue weighted by Gasteiger charge is 2.39. The second kappa shape index (κ2) is 8.09. The average molecular weight is 453 g/mol. The van der Waals surface area contributed by atoms with Crippen molar-refractivity contribution in [2.45, 2.75) is 44.1 Å². The van der Waals surface area contributed by atoms with Crippen molar-refractivity contribution < 1.29 is 9.59 Å². The number of nitrogens with one attached hydrogen (secondary N) is 4. The van der Waals surface area contributed by atoms with Crippen molar-refractivity contribution in [1.29, 1.82) is 0 Å². The Kier molecular flexibility index (Phi) is 5.25. The summed E-state index contributed by atoms with van der Waals surface area (Å²) in [6.45, 7) is 3.53. The van der Waals surface area contributed by atoms with Crippen molar-refractivity contribution >= 4 is 40.7 Å². The second-order valence-electron chi connectivity index (χ2n) is 8.88. The molecular formula is C23H25ClN6O2. The minimum atomic E-state index is -0.290. The van der Waals surface area contributed by atoms with Crippen LogP contribution in [0.2, 0.25) is 5.02 Å². The fourth-order valence-corrected chi connectivity index (χ4v) is 3.93. The van der Waals surface area contributed by atoms with Gasteiger partial charge in [0, 0.05) is 36.1 Å². The van der Waals surface area contributed by atoms with Crippen LogP contribution >= 0.6 is 11.6 Å². The van der Waals surface area contributed by atoms with Gasteiger partial charge in [0.1, 0.15) is 0 Å². The lowest BCUT2D eigenvalue weighted by Gasteiger charge is -2.16. The molecule has 166 valence electrons. The van der Waals surface area contributed by atoms with Gasteiger partial charge in [0.25, 0.3) is 11.8 Å². The molecule has 1 aromatic carbocycles. The number of amides is 2. The summed E-state index contributed by atoms with van der Waals surface area (Å²) in [7, 11) is 0. The monoisotopic (exact) mass is 452 g/mol. The first-order chi connectivity index (χ1) is 15.4. The van der Waals surface area contributed by atoms with Crippen molar-refractivity contribution in [1.82, 2.24) is 20.9 Å². The van der Waals surface area contributed by atoms with Gasteiger partial charge in [-0.15, -0.1) is 0 Å². The number of nitrogens with zero attached hydrogens (tertiary/aromatic N) is 2. The molecule has 9 heteroatoms. The Morgan fingerprint density at radius 1 is 1.16 bits per heavy atom. The minimum Gasteiger partial charge on any atom is -0.354 e. The number of aromatic nitrogens is 1. The van der Waals surface area contributed by atoms with Gasteiger partial charge < -0.3 is 21.3 Å². The number of halogens is 1. The fourth-order valence-electron chi connectivity index (χ4n) is 3.70. The van der Waals surface area contributed by atoms with E-state index in [-0.39, 0.29) is 17.4 Å². The lowest BCUT2D eigenvalue weighted by Crippen LogP contribution is -2.34. The molecule has 5 rings (SSSR count). The van der Waals surface area contributed by atoms with Crippen molar-refractivity contribution in [2.24, 2.45) is 4.99 Å². The molecule has 3 aliphatic rings. The first-order valence-electron chi connectivity index (χ1n) is 10.9.